The minimum absolute atomic E-state index is 0.0830. The Morgan fingerprint density at radius 3 is 1.85 bits per heavy atom. The van der Waals surface area contributed by atoms with E-state index in [9.17, 15) is 55.9 Å². The van der Waals surface area contributed by atoms with E-state index >= 15 is 0 Å². The number of hydrogen-bond donors (Lipinski definition) is 10. The smallest absolute Gasteiger partial charge is 0.229 e. The molecule has 264 valence electrons. The Morgan fingerprint density at radius 2 is 1.33 bits per heavy atom. The second kappa shape index (κ2) is 14.6. The molecule has 3 heterocycles. The Bertz CT molecular complexity index is 1470. The van der Waals surface area contributed by atoms with Crippen molar-refractivity contribution in [1.29, 1.82) is 0 Å². The van der Waals surface area contributed by atoms with Crippen LogP contribution in [0, 0.1) is 0 Å². The van der Waals surface area contributed by atoms with Crippen LogP contribution in [-0.4, -0.2) is 138 Å². The summed E-state index contributed by atoms with van der Waals surface area (Å²) in [6.07, 6.45) is -16.7. The zero-order valence-corrected chi connectivity index (χ0v) is 25.9. The second-order valence-corrected chi connectivity index (χ2v) is 12.1. The van der Waals surface area contributed by atoms with Crippen molar-refractivity contribution in [3.05, 3.63) is 58.7 Å². The SMILES string of the molecule is CC(C)=CCc1c(O[C@@H]2O[C@H](CO)[C@@H](O)[C@H](O)[C@H]2O)cc(O)c2c1O[C@H](c1ccc(O[C@@H]3O[C@H](CO)[C@@H](O)[C@H](O)[C@H]3O)cc1)[C@@H](O)C2=O. The van der Waals surface area contributed by atoms with Crippen molar-refractivity contribution in [1.82, 2.24) is 0 Å². The second-order valence-electron chi connectivity index (χ2n) is 12.1. The van der Waals surface area contributed by atoms with E-state index in [4.69, 9.17) is 23.7 Å². The molecule has 0 amide bonds. The van der Waals surface area contributed by atoms with Gasteiger partial charge in [-0.3, -0.25) is 4.79 Å². The zero-order valence-electron chi connectivity index (χ0n) is 25.9. The van der Waals surface area contributed by atoms with Crippen LogP contribution in [0.5, 0.6) is 23.0 Å². The summed E-state index contributed by atoms with van der Waals surface area (Å²) in [6.45, 7) is 2.29. The lowest BCUT2D eigenvalue weighted by Crippen LogP contribution is -2.60. The fraction of sp³-hybridized carbons (Fsp3) is 0.531. The Morgan fingerprint density at radius 1 is 0.792 bits per heavy atom. The number of ether oxygens (including phenoxy) is 5. The number of benzene rings is 2. The van der Waals surface area contributed by atoms with Crippen LogP contribution in [0.15, 0.2) is 42.0 Å². The fourth-order valence-corrected chi connectivity index (χ4v) is 5.69. The molecular formula is C32H40O16. The predicted molar refractivity (Wildman–Crippen MR) is 160 cm³/mol. The van der Waals surface area contributed by atoms with Crippen LogP contribution in [0.4, 0.5) is 0 Å². The molecule has 2 fully saturated rings. The third kappa shape index (κ3) is 6.87. The summed E-state index contributed by atoms with van der Waals surface area (Å²) in [5.41, 5.74) is 1.05. The highest BCUT2D eigenvalue weighted by molar-refractivity contribution is 6.06. The number of carbonyl (C=O) groups is 1. The summed E-state index contributed by atoms with van der Waals surface area (Å²) in [4.78, 5) is 13.5. The minimum atomic E-state index is -1.77. The van der Waals surface area contributed by atoms with E-state index in [0.717, 1.165) is 11.6 Å². The van der Waals surface area contributed by atoms with Crippen LogP contribution in [0.3, 0.4) is 0 Å². The maximum Gasteiger partial charge on any atom is 0.229 e. The summed E-state index contributed by atoms with van der Waals surface area (Å²) in [7, 11) is 0. The van der Waals surface area contributed by atoms with Crippen molar-refractivity contribution in [2.45, 2.75) is 93.9 Å². The molecule has 48 heavy (non-hydrogen) atoms. The topological polar surface area (TPSA) is 266 Å². The number of ketones is 1. The van der Waals surface area contributed by atoms with E-state index in [0.29, 0.717) is 0 Å². The summed E-state index contributed by atoms with van der Waals surface area (Å²) in [6, 6.07) is 6.80. The number of carbonyl (C=O) groups excluding carboxylic acids is 1. The molecule has 2 aromatic carbocycles. The van der Waals surface area contributed by atoms with Gasteiger partial charge < -0.3 is 74.7 Å². The van der Waals surface area contributed by atoms with Crippen molar-refractivity contribution in [3.8, 4) is 23.0 Å². The third-order valence-electron chi connectivity index (χ3n) is 8.48. The van der Waals surface area contributed by atoms with E-state index < -0.39 is 98.4 Å². The highest BCUT2D eigenvalue weighted by Crippen LogP contribution is 2.47. The first kappa shape index (κ1) is 35.9. The Kier molecular flexibility index (Phi) is 10.9. The van der Waals surface area contributed by atoms with Gasteiger partial charge in [-0.25, -0.2) is 0 Å². The monoisotopic (exact) mass is 680 g/mol. The molecule has 5 rings (SSSR count). The molecular weight excluding hydrogens is 640 g/mol. The molecule has 3 aliphatic heterocycles. The normalized spacial score (nSPS) is 34.9. The average Bonchev–Trinajstić information content (AvgIpc) is 3.06. The Labute approximate surface area is 274 Å². The fourth-order valence-electron chi connectivity index (χ4n) is 5.69. The summed E-state index contributed by atoms with van der Waals surface area (Å²) >= 11 is 0. The molecule has 0 aliphatic carbocycles. The predicted octanol–water partition coefficient (Wildman–Crippen LogP) is -2.06. The number of Topliss-reactive ketones (excluding diaryl/α,β-unsaturated/α-hetero) is 1. The van der Waals surface area contributed by atoms with Gasteiger partial charge in [-0.15, -0.1) is 0 Å². The Hall–Kier alpha value is -3.39. The molecule has 16 heteroatoms. The van der Waals surface area contributed by atoms with E-state index in [-0.39, 0.29) is 40.4 Å². The minimum Gasteiger partial charge on any atom is -0.507 e. The zero-order chi connectivity index (χ0) is 35.0. The van der Waals surface area contributed by atoms with E-state index in [1.807, 2.05) is 13.8 Å². The highest BCUT2D eigenvalue weighted by atomic mass is 16.7. The molecule has 2 saturated heterocycles. The molecule has 16 nitrogen and oxygen atoms in total. The summed E-state index contributed by atoms with van der Waals surface area (Å²) in [5.74, 6) is -1.60. The number of aliphatic hydroxyl groups excluding tert-OH is 9. The van der Waals surface area contributed by atoms with Crippen molar-refractivity contribution in [2.75, 3.05) is 13.2 Å². The van der Waals surface area contributed by atoms with Gasteiger partial charge in [0.15, 0.2) is 12.2 Å². The number of rotatable bonds is 9. The molecule has 0 saturated carbocycles. The average molecular weight is 681 g/mol. The number of phenols is 1. The van der Waals surface area contributed by atoms with E-state index in [1.165, 1.54) is 24.3 Å². The molecule has 0 unspecified atom stereocenters. The van der Waals surface area contributed by atoms with Gasteiger partial charge >= 0.3 is 0 Å². The molecule has 2 aromatic rings. The van der Waals surface area contributed by atoms with Crippen LogP contribution in [0.25, 0.3) is 0 Å². The number of aliphatic hydroxyl groups is 9. The van der Waals surface area contributed by atoms with E-state index in [1.54, 1.807) is 6.08 Å². The van der Waals surface area contributed by atoms with Gasteiger partial charge in [0.25, 0.3) is 0 Å². The van der Waals surface area contributed by atoms with Gasteiger partial charge in [0.2, 0.25) is 18.4 Å². The summed E-state index contributed by atoms with van der Waals surface area (Å²) in [5, 5.41) is 102. The maximum absolute atomic E-state index is 13.5. The first-order chi connectivity index (χ1) is 22.8. The first-order valence-electron chi connectivity index (χ1n) is 15.2. The third-order valence-corrected chi connectivity index (χ3v) is 8.48. The summed E-state index contributed by atoms with van der Waals surface area (Å²) < 4.78 is 28.5. The number of aromatic hydroxyl groups is 1. The molecule has 12 atom stereocenters. The van der Waals surface area contributed by atoms with E-state index in [2.05, 4.69) is 0 Å². The number of allylic oxidation sites excluding steroid dienone is 2. The van der Waals surface area contributed by atoms with Crippen LogP contribution in [-0.2, 0) is 15.9 Å². The molecule has 0 spiro atoms. The standard InChI is InChI=1S/C32H40O16/c1-12(2)3-8-15-17(45-32-28(43)25(40)22(37)19(11-34)47-32)9-16(35)20-23(38)26(41)29(48-30(15)20)13-4-6-14(7-5-13)44-31-27(42)24(39)21(36)18(10-33)46-31/h3-7,9,18-19,21-22,24-29,31-37,39-43H,8,10-11H2,1-2H3/t18-,19-,21-,22-,24+,25+,26+,27-,28-,29-,31-,32-/m1/s1. The largest absolute Gasteiger partial charge is 0.507 e. The maximum atomic E-state index is 13.5. The van der Waals surface area contributed by atoms with Gasteiger partial charge in [-0.05, 0) is 38.0 Å². The van der Waals surface area contributed by atoms with Crippen molar-refractivity contribution < 1.29 is 79.5 Å². The van der Waals surface area contributed by atoms with Crippen molar-refractivity contribution in [3.63, 3.8) is 0 Å². The lowest BCUT2D eigenvalue weighted by Gasteiger charge is -2.40. The van der Waals surface area contributed by atoms with Crippen LogP contribution < -0.4 is 14.2 Å². The molecule has 0 bridgehead atoms. The van der Waals surface area contributed by atoms with Gasteiger partial charge in [-0.2, -0.15) is 0 Å². The van der Waals surface area contributed by atoms with Gasteiger partial charge in [0.1, 0.15) is 77.4 Å². The van der Waals surface area contributed by atoms with Crippen LogP contribution in [0.1, 0.15) is 41.4 Å². The molecule has 10 N–H and O–H groups in total. The van der Waals surface area contributed by atoms with Gasteiger partial charge in [0, 0.05) is 11.6 Å². The van der Waals surface area contributed by atoms with Gasteiger partial charge in [0.05, 0.1) is 13.2 Å². The van der Waals surface area contributed by atoms with Crippen LogP contribution >= 0.6 is 0 Å². The molecule has 0 radical (unpaired) electrons. The number of phenolic OH excluding ortho intramolecular Hbond substituents is 1. The number of fused-ring (bicyclic) bond motifs is 1. The van der Waals surface area contributed by atoms with Crippen molar-refractivity contribution in [2.24, 2.45) is 0 Å². The Balaban J connectivity index is 1.45. The highest BCUT2D eigenvalue weighted by Gasteiger charge is 2.47. The lowest BCUT2D eigenvalue weighted by atomic mass is 9.90. The van der Waals surface area contributed by atoms with Crippen molar-refractivity contribution >= 4 is 5.78 Å². The number of hydrogen-bond acceptors (Lipinski definition) is 16. The lowest BCUT2D eigenvalue weighted by molar-refractivity contribution is -0.277. The van der Waals surface area contributed by atoms with Crippen LogP contribution in [0.2, 0.25) is 0 Å². The first-order valence-corrected chi connectivity index (χ1v) is 15.2. The van der Waals surface area contributed by atoms with Gasteiger partial charge in [-0.1, -0.05) is 23.8 Å². The molecule has 0 aromatic heterocycles. The molecule has 3 aliphatic rings. The quantitative estimate of drug-likeness (QED) is 0.128.